The number of hydrogen-bond donors (Lipinski definition) is 1. The van der Waals surface area contributed by atoms with E-state index in [-0.39, 0.29) is 57.2 Å². The SMILES string of the molecule is C#CCOCCOCCOCCOCCOCCOC(=O)CCC(=O)N1Cc2cc(OC)c(OCCCOc3cc4cc(C(=O)CCC(=O)O)sc4cc3OC)cc2C1. The molecule has 0 spiro atoms. The van der Waals surface area contributed by atoms with E-state index in [0.717, 1.165) is 21.2 Å². The van der Waals surface area contributed by atoms with Gasteiger partial charge in [-0.25, -0.2) is 0 Å². The van der Waals surface area contributed by atoms with E-state index in [9.17, 15) is 19.2 Å². The first kappa shape index (κ1) is 46.7. The predicted molar refractivity (Wildman–Crippen MR) is 216 cm³/mol. The zero-order valence-corrected chi connectivity index (χ0v) is 34.4. The maximum Gasteiger partial charge on any atom is 0.306 e. The number of thiophene rings is 1. The molecule has 0 saturated heterocycles. The number of nitrogens with zero attached hydrogens (tertiary/aromatic N) is 1. The van der Waals surface area contributed by atoms with Crippen LogP contribution in [0.25, 0.3) is 10.1 Å². The van der Waals surface area contributed by atoms with Crippen LogP contribution in [0.4, 0.5) is 0 Å². The number of aliphatic carboxylic acids is 1. The van der Waals surface area contributed by atoms with Crippen molar-refractivity contribution in [3.8, 4) is 35.3 Å². The number of Topliss-reactive ketones (excluding diaryl/α,β-unsaturated/α-hetero) is 1. The van der Waals surface area contributed by atoms with E-state index in [4.69, 9.17) is 58.9 Å². The van der Waals surface area contributed by atoms with Crippen molar-refractivity contribution in [3.05, 3.63) is 46.3 Å². The molecule has 2 heterocycles. The average molecular weight is 844 g/mol. The van der Waals surface area contributed by atoms with Crippen LogP contribution in [0.2, 0.25) is 0 Å². The number of benzene rings is 2. The third kappa shape index (κ3) is 16.3. The van der Waals surface area contributed by atoms with Gasteiger partial charge in [-0.15, -0.1) is 17.8 Å². The minimum atomic E-state index is -1.02. The third-order valence-electron chi connectivity index (χ3n) is 8.72. The molecule has 0 saturated carbocycles. The van der Waals surface area contributed by atoms with Crippen molar-refractivity contribution in [2.45, 2.75) is 45.2 Å². The molecule has 59 heavy (non-hydrogen) atoms. The summed E-state index contributed by atoms with van der Waals surface area (Å²) in [5, 5.41) is 9.70. The van der Waals surface area contributed by atoms with Crippen LogP contribution < -0.4 is 18.9 Å². The molecule has 0 radical (unpaired) electrons. The lowest BCUT2D eigenvalue weighted by Gasteiger charge is -2.15. The summed E-state index contributed by atoms with van der Waals surface area (Å²) in [5.74, 6) is 2.63. The van der Waals surface area contributed by atoms with Gasteiger partial charge in [0, 0.05) is 43.1 Å². The van der Waals surface area contributed by atoms with Crippen LogP contribution >= 0.6 is 11.3 Å². The van der Waals surface area contributed by atoms with Gasteiger partial charge in [0.1, 0.15) is 13.2 Å². The Hall–Kier alpha value is -4.96. The van der Waals surface area contributed by atoms with Gasteiger partial charge < -0.3 is 57.4 Å². The number of esters is 1. The highest BCUT2D eigenvalue weighted by molar-refractivity contribution is 7.20. The molecule has 2 aromatic carbocycles. The van der Waals surface area contributed by atoms with E-state index in [1.807, 2.05) is 12.1 Å². The molecule has 1 amide bonds. The molecule has 1 aliphatic rings. The van der Waals surface area contributed by atoms with Crippen LogP contribution in [0, 0.1) is 12.3 Å². The highest BCUT2D eigenvalue weighted by Crippen LogP contribution is 2.38. The second-order valence-electron chi connectivity index (χ2n) is 13.0. The lowest BCUT2D eigenvalue weighted by atomic mass is 10.1. The Morgan fingerprint density at radius 1 is 0.661 bits per heavy atom. The van der Waals surface area contributed by atoms with Gasteiger partial charge in [0.25, 0.3) is 0 Å². The van der Waals surface area contributed by atoms with Crippen LogP contribution in [0.15, 0.2) is 30.3 Å². The summed E-state index contributed by atoms with van der Waals surface area (Å²) in [4.78, 5) is 50.7. The lowest BCUT2D eigenvalue weighted by Crippen LogP contribution is -2.26. The third-order valence-corrected chi connectivity index (χ3v) is 9.85. The van der Waals surface area contributed by atoms with Gasteiger partial charge in [-0.2, -0.15) is 0 Å². The number of rotatable bonds is 31. The van der Waals surface area contributed by atoms with Gasteiger partial charge >= 0.3 is 11.9 Å². The summed E-state index contributed by atoms with van der Waals surface area (Å²) in [7, 11) is 3.09. The second-order valence-corrected chi connectivity index (χ2v) is 14.1. The van der Waals surface area contributed by atoms with Gasteiger partial charge in [-0.05, 0) is 40.8 Å². The summed E-state index contributed by atoms with van der Waals surface area (Å²) in [6.45, 7) is 5.37. The number of ether oxygens (including phenoxy) is 10. The number of fused-ring (bicyclic) bond motifs is 2. The van der Waals surface area contributed by atoms with E-state index in [1.165, 1.54) is 18.4 Å². The molecular weight excluding hydrogens is 791 g/mol. The molecule has 0 atom stereocenters. The fourth-order valence-corrected chi connectivity index (χ4v) is 6.78. The van der Waals surface area contributed by atoms with Crippen LogP contribution in [-0.4, -0.2) is 134 Å². The molecule has 4 rings (SSSR count). The molecule has 1 N–H and O–H groups in total. The number of carbonyl (C=O) groups is 4. The highest BCUT2D eigenvalue weighted by atomic mass is 32.1. The normalized spacial score (nSPS) is 11.9. The van der Waals surface area contributed by atoms with Gasteiger partial charge in [0.05, 0.1) is 105 Å². The molecule has 0 bridgehead atoms. The van der Waals surface area contributed by atoms with Crippen LogP contribution in [0.1, 0.15) is 52.9 Å². The van der Waals surface area contributed by atoms with Gasteiger partial charge in [0.15, 0.2) is 28.8 Å². The van der Waals surface area contributed by atoms with Gasteiger partial charge in [0.2, 0.25) is 5.91 Å². The number of ketones is 1. The Kier molecular flexibility index (Phi) is 20.8. The van der Waals surface area contributed by atoms with Gasteiger partial charge in [-0.3, -0.25) is 19.2 Å². The predicted octanol–water partition coefficient (Wildman–Crippen LogP) is 4.70. The zero-order valence-electron chi connectivity index (χ0n) is 33.6. The van der Waals surface area contributed by atoms with Crippen LogP contribution in [0.3, 0.4) is 0 Å². The first-order valence-corrected chi connectivity index (χ1v) is 20.1. The maximum atomic E-state index is 13.0. The maximum absolute atomic E-state index is 13.0. The molecule has 0 aliphatic carbocycles. The van der Waals surface area contributed by atoms with Crippen molar-refractivity contribution in [2.24, 2.45) is 0 Å². The van der Waals surface area contributed by atoms with Crippen molar-refractivity contribution in [3.63, 3.8) is 0 Å². The number of amides is 1. The lowest BCUT2D eigenvalue weighted by molar-refractivity contribution is -0.147. The van der Waals surface area contributed by atoms with Crippen molar-refractivity contribution in [2.75, 3.05) is 100 Å². The second kappa shape index (κ2) is 26.2. The van der Waals surface area contributed by atoms with E-state index < -0.39 is 11.9 Å². The van der Waals surface area contributed by atoms with Crippen LogP contribution in [-0.2, 0) is 55.9 Å². The van der Waals surface area contributed by atoms with Gasteiger partial charge in [-0.1, -0.05) is 5.92 Å². The summed E-state index contributed by atoms with van der Waals surface area (Å²) < 4.78 is 55.9. The topological polar surface area (TPSA) is 184 Å². The molecule has 0 fully saturated rings. The number of methoxy groups -OCH3 is 2. The molecule has 0 unspecified atom stereocenters. The van der Waals surface area contributed by atoms with E-state index in [2.05, 4.69) is 5.92 Å². The number of hydrogen-bond acceptors (Lipinski definition) is 15. The van der Waals surface area contributed by atoms with Crippen molar-refractivity contribution in [1.82, 2.24) is 4.90 Å². The molecule has 16 nitrogen and oxygen atoms in total. The number of carboxylic acids is 1. The Bertz CT molecular complexity index is 1860. The smallest absolute Gasteiger partial charge is 0.306 e. The fourth-order valence-electron chi connectivity index (χ4n) is 5.74. The Morgan fingerprint density at radius 2 is 1.20 bits per heavy atom. The summed E-state index contributed by atoms with van der Waals surface area (Å²) in [5.41, 5.74) is 1.87. The molecule has 322 valence electrons. The average Bonchev–Trinajstić information content (AvgIpc) is 3.86. The van der Waals surface area contributed by atoms with E-state index in [1.54, 1.807) is 30.2 Å². The van der Waals surface area contributed by atoms with Crippen molar-refractivity contribution < 1.29 is 71.7 Å². The Labute approximate surface area is 347 Å². The molecule has 1 aliphatic heterocycles. The quantitative estimate of drug-likeness (QED) is 0.0407. The standard InChI is InChI=1S/C42H53NO15S/c1-4-10-51-13-14-52-15-16-53-17-18-54-19-20-55-21-22-58-42(48)9-7-40(45)43-28-31-24-34(49-2)37(25-32(31)29-43)57-12-5-11-56-36-23-30-26-39(33(44)6-8-41(46)47)59-38(30)27-35(36)50-3/h1,23-27H,5-22,28-29H2,2-3H3,(H,46,47). The van der Waals surface area contributed by atoms with Crippen molar-refractivity contribution in [1.29, 1.82) is 0 Å². The van der Waals surface area contributed by atoms with E-state index >= 15 is 0 Å². The summed E-state index contributed by atoms with van der Waals surface area (Å²) >= 11 is 1.29. The van der Waals surface area contributed by atoms with Crippen LogP contribution in [0.5, 0.6) is 23.0 Å². The minimum absolute atomic E-state index is 0.0212. The summed E-state index contributed by atoms with van der Waals surface area (Å²) in [6.07, 6.45) is 5.32. The number of carboxylic acid groups (broad SMARTS) is 1. The minimum Gasteiger partial charge on any atom is -0.493 e. The Morgan fingerprint density at radius 3 is 1.78 bits per heavy atom. The largest absolute Gasteiger partial charge is 0.493 e. The number of terminal acetylenes is 1. The Balaban J connectivity index is 1.07. The monoisotopic (exact) mass is 843 g/mol. The first-order valence-electron chi connectivity index (χ1n) is 19.3. The van der Waals surface area contributed by atoms with E-state index in [0.29, 0.717) is 113 Å². The molecule has 1 aromatic heterocycles. The molecule has 3 aromatic rings. The molecule has 17 heteroatoms. The zero-order chi connectivity index (χ0) is 42.2. The highest BCUT2D eigenvalue weighted by Gasteiger charge is 2.26. The fraction of sp³-hybridized carbons (Fsp3) is 0.524. The van der Waals surface area contributed by atoms with Crippen molar-refractivity contribution >= 4 is 45.1 Å². The first-order chi connectivity index (χ1) is 28.7. The number of carbonyl (C=O) groups excluding carboxylic acids is 3. The summed E-state index contributed by atoms with van der Waals surface area (Å²) in [6, 6.07) is 9.08. The molecular formula is C42H53NO15S.